The lowest BCUT2D eigenvalue weighted by Gasteiger charge is -2.16. The molecule has 1 amide bonds. The zero-order valence-electron chi connectivity index (χ0n) is 22.6. The molecule has 39 heavy (non-hydrogen) atoms. The molecule has 1 N–H and O–H groups in total. The van der Waals surface area contributed by atoms with Crippen LogP contribution in [0.3, 0.4) is 0 Å². The van der Waals surface area contributed by atoms with Crippen LogP contribution in [-0.4, -0.2) is 51.6 Å². The Morgan fingerprint density at radius 1 is 1.10 bits per heavy atom. The second-order valence-electron chi connectivity index (χ2n) is 8.32. The summed E-state index contributed by atoms with van der Waals surface area (Å²) in [6.45, 7) is 11.6. The molecule has 210 valence electrons. The van der Waals surface area contributed by atoms with Crippen LogP contribution in [-0.2, 0) is 20.8 Å². The molecule has 13 heteroatoms. The van der Waals surface area contributed by atoms with Crippen LogP contribution >= 0.6 is 34.7 Å². The Hall–Kier alpha value is -3.09. The Morgan fingerprint density at radius 2 is 1.79 bits per heavy atom. The third-order valence-electron chi connectivity index (χ3n) is 5.49. The van der Waals surface area contributed by atoms with Crippen LogP contribution in [0.2, 0.25) is 5.02 Å². The normalized spacial score (nSPS) is 11.7. The standard InChI is InChI=1S/C26H31ClN4O6S2/c1-7-31-22(16(6)37-18-12-14(4)10-11-17(18)27)29-30-26(31)38-13-19(32)28-23-20(24(33)35-8-2)15(5)21(39-23)25(34)36-9-3/h10-12,16H,7-9,13H2,1-6H3,(H,28,32). The summed E-state index contributed by atoms with van der Waals surface area (Å²) >= 11 is 8.45. The molecule has 0 aliphatic carbocycles. The molecule has 0 aliphatic heterocycles. The molecule has 0 aliphatic rings. The lowest BCUT2D eigenvalue weighted by atomic mass is 10.1. The molecule has 1 atom stereocenters. The van der Waals surface area contributed by atoms with Crippen molar-refractivity contribution < 1.29 is 28.6 Å². The van der Waals surface area contributed by atoms with Crippen molar-refractivity contribution in [3.8, 4) is 5.75 Å². The molecule has 1 unspecified atom stereocenters. The zero-order chi connectivity index (χ0) is 28.7. The van der Waals surface area contributed by atoms with Gasteiger partial charge in [0.15, 0.2) is 17.1 Å². The summed E-state index contributed by atoms with van der Waals surface area (Å²) in [7, 11) is 0. The minimum absolute atomic E-state index is 0.00890. The number of anilines is 1. The summed E-state index contributed by atoms with van der Waals surface area (Å²) in [5.74, 6) is -0.435. The number of hydrogen-bond donors (Lipinski definition) is 1. The highest BCUT2D eigenvalue weighted by atomic mass is 35.5. The summed E-state index contributed by atoms with van der Waals surface area (Å²) < 4.78 is 18.2. The van der Waals surface area contributed by atoms with Crippen molar-refractivity contribution in [1.29, 1.82) is 0 Å². The highest BCUT2D eigenvalue weighted by Gasteiger charge is 2.28. The Balaban J connectivity index is 1.74. The molecule has 3 rings (SSSR count). The average molecular weight is 595 g/mol. The van der Waals surface area contributed by atoms with Crippen LogP contribution in [0.15, 0.2) is 23.4 Å². The summed E-state index contributed by atoms with van der Waals surface area (Å²) in [6.07, 6.45) is -0.442. The largest absolute Gasteiger partial charge is 0.481 e. The Kier molecular flexibility index (Phi) is 10.8. The van der Waals surface area contributed by atoms with Gasteiger partial charge >= 0.3 is 11.9 Å². The number of rotatable bonds is 12. The number of thioether (sulfide) groups is 1. The second-order valence-corrected chi connectivity index (χ2v) is 10.7. The second kappa shape index (κ2) is 13.8. The van der Waals surface area contributed by atoms with Crippen LogP contribution in [0.1, 0.15) is 70.8 Å². The molecule has 10 nitrogen and oxygen atoms in total. The smallest absolute Gasteiger partial charge is 0.348 e. The van der Waals surface area contributed by atoms with Gasteiger partial charge < -0.3 is 24.1 Å². The molecule has 1 aromatic carbocycles. The Morgan fingerprint density at radius 3 is 2.46 bits per heavy atom. The van der Waals surface area contributed by atoms with E-state index in [0.29, 0.717) is 33.9 Å². The van der Waals surface area contributed by atoms with E-state index in [2.05, 4.69) is 15.5 Å². The number of benzene rings is 1. The predicted octanol–water partition coefficient (Wildman–Crippen LogP) is 5.85. The number of esters is 2. The first-order valence-electron chi connectivity index (χ1n) is 12.4. The highest BCUT2D eigenvalue weighted by Crippen LogP contribution is 2.35. The van der Waals surface area contributed by atoms with Crippen molar-refractivity contribution in [1.82, 2.24) is 14.8 Å². The van der Waals surface area contributed by atoms with Gasteiger partial charge in [-0.15, -0.1) is 21.5 Å². The monoisotopic (exact) mass is 594 g/mol. The highest BCUT2D eigenvalue weighted by molar-refractivity contribution is 7.99. The van der Waals surface area contributed by atoms with Crippen molar-refractivity contribution in [2.75, 3.05) is 24.3 Å². The van der Waals surface area contributed by atoms with E-state index >= 15 is 0 Å². The van der Waals surface area contributed by atoms with E-state index in [1.165, 1.54) is 11.8 Å². The van der Waals surface area contributed by atoms with Gasteiger partial charge in [0.2, 0.25) is 5.91 Å². The summed E-state index contributed by atoms with van der Waals surface area (Å²) in [5.41, 5.74) is 1.56. The first-order chi connectivity index (χ1) is 18.6. The number of carbonyl (C=O) groups is 3. The SMILES string of the molecule is CCOC(=O)c1sc(NC(=O)CSc2nnc(C(C)Oc3cc(C)ccc3Cl)n2CC)c(C(=O)OCC)c1C. The maximum absolute atomic E-state index is 12.9. The van der Waals surface area contributed by atoms with Gasteiger partial charge in [0.05, 0.1) is 29.6 Å². The lowest BCUT2D eigenvalue weighted by Crippen LogP contribution is -2.17. The number of carbonyl (C=O) groups excluding carboxylic acids is 3. The van der Waals surface area contributed by atoms with Gasteiger partial charge in [0.25, 0.3) is 0 Å². The van der Waals surface area contributed by atoms with Gasteiger partial charge in [0.1, 0.15) is 15.6 Å². The van der Waals surface area contributed by atoms with E-state index in [-0.39, 0.29) is 40.3 Å². The first kappa shape index (κ1) is 30.5. The van der Waals surface area contributed by atoms with E-state index in [9.17, 15) is 14.4 Å². The maximum Gasteiger partial charge on any atom is 0.348 e. The van der Waals surface area contributed by atoms with Gasteiger partial charge in [-0.2, -0.15) is 0 Å². The molecular formula is C26H31ClN4O6S2. The minimum atomic E-state index is -0.622. The predicted molar refractivity (Wildman–Crippen MR) is 151 cm³/mol. The van der Waals surface area contributed by atoms with Crippen molar-refractivity contribution in [3.05, 3.63) is 50.6 Å². The number of ether oxygens (including phenoxy) is 3. The molecule has 0 saturated heterocycles. The van der Waals surface area contributed by atoms with Crippen LogP contribution in [0.25, 0.3) is 0 Å². The molecule has 3 aromatic rings. The summed E-state index contributed by atoms with van der Waals surface area (Å²) in [6, 6.07) is 5.54. The fourth-order valence-electron chi connectivity index (χ4n) is 3.68. The molecule has 0 saturated carbocycles. The number of nitrogens with one attached hydrogen (secondary N) is 1. The molecule has 0 radical (unpaired) electrons. The zero-order valence-corrected chi connectivity index (χ0v) is 25.0. The van der Waals surface area contributed by atoms with Crippen molar-refractivity contribution >= 4 is 57.5 Å². The van der Waals surface area contributed by atoms with Gasteiger partial charge in [-0.1, -0.05) is 29.4 Å². The number of aromatic nitrogens is 3. The van der Waals surface area contributed by atoms with Crippen LogP contribution in [0.4, 0.5) is 5.00 Å². The molecule has 2 heterocycles. The van der Waals surface area contributed by atoms with Crippen LogP contribution in [0.5, 0.6) is 5.75 Å². The number of thiophene rings is 1. The van der Waals surface area contributed by atoms with Gasteiger partial charge in [-0.25, -0.2) is 9.59 Å². The Labute approximate surface area is 240 Å². The topological polar surface area (TPSA) is 122 Å². The molecule has 0 fully saturated rings. The maximum atomic E-state index is 12.9. The van der Waals surface area contributed by atoms with Gasteiger partial charge in [0, 0.05) is 6.54 Å². The van der Waals surface area contributed by atoms with Crippen molar-refractivity contribution in [2.24, 2.45) is 0 Å². The molecule has 2 aromatic heterocycles. The average Bonchev–Trinajstić information content (AvgIpc) is 3.45. The molecular weight excluding hydrogens is 564 g/mol. The Bertz CT molecular complexity index is 1360. The van der Waals surface area contributed by atoms with Crippen LogP contribution < -0.4 is 10.1 Å². The number of nitrogens with zero attached hydrogens (tertiary/aromatic N) is 3. The fraction of sp³-hybridized carbons (Fsp3) is 0.423. The fourth-order valence-corrected chi connectivity index (χ4v) is 5.76. The lowest BCUT2D eigenvalue weighted by molar-refractivity contribution is -0.113. The summed E-state index contributed by atoms with van der Waals surface area (Å²) in [4.78, 5) is 38.1. The minimum Gasteiger partial charge on any atom is -0.481 e. The number of amides is 1. The van der Waals surface area contributed by atoms with Crippen molar-refractivity contribution in [2.45, 2.75) is 59.3 Å². The number of halogens is 1. The molecule has 0 spiro atoms. The third kappa shape index (κ3) is 7.31. The summed E-state index contributed by atoms with van der Waals surface area (Å²) in [5, 5.41) is 12.5. The van der Waals surface area contributed by atoms with E-state index in [4.69, 9.17) is 25.8 Å². The van der Waals surface area contributed by atoms with E-state index in [1.807, 2.05) is 37.5 Å². The van der Waals surface area contributed by atoms with Crippen molar-refractivity contribution in [3.63, 3.8) is 0 Å². The quantitative estimate of drug-likeness (QED) is 0.203. The van der Waals surface area contributed by atoms with Gasteiger partial charge in [-0.05, 0) is 64.8 Å². The van der Waals surface area contributed by atoms with E-state index in [0.717, 1.165) is 16.9 Å². The third-order valence-corrected chi connectivity index (χ3v) is 7.95. The number of aryl methyl sites for hydroxylation is 1. The van der Waals surface area contributed by atoms with Gasteiger partial charge in [-0.3, -0.25) is 4.79 Å². The molecule has 0 bridgehead atoms. The van der Waals surface area contributed by atoms with Crippen LogP contribution in [0, 0.1) is 13.8 Å². The van der Waals surface area contributed by atoms with E-state index < -0.39 is 18.0 Å². The first-order valence-corrected chi connectivity index (χ1v) is 14.5. The van der Waals surface area contributed by atoms with E-state index in [1.54, 1.807) is 26.8 Å². The number of hydrogen-bond acceptors (Lipinski definition) is 10.